The summed E-state index contributed by atoms with van der Waals surface area (Å²) in [6.07, 6.45) is 0. The van der Waals surface area contributed by atoms with Crippen LogP contribution in [0.2, 0.25) is 0 Å². The number of phenolic OH excluding ortho intramolecular Hbond substituents is 1. The Morgan fingerprint density at radius 3 is 2.00 bits per heavy atom. The number of sulfonamides is 1. The Morgan fingerprint density at radius 2 is 1.64 bits per heavy atom. The molecule has 0 aromatic heterocycles. The molecule has 0 fully saturated rings. The number of rotatable bonds is 2. The second-order valence-electron chi connectivity index (χ2n) is 2.33. The zero-order chi connectivity index (χ0) is 10.9. The topological polar surface area (TPSA) is 86.6 Å². The molecule has 3 N–H and O–H groups in total. The van der Waals surface area contributed by atoms with Crippen LogP contribution in [-0.4, -0.2) is 18.7 Å². The summed E-state index contributed by atoms with van der Waals surface area (Å²) < 4.78 is 22.7. The van der Waals surface area contributed by atoms with Gasteiger partial charge in [0.1, 0.15) is 5.75 Å². The molecule has 5 nitrogen and oxygen atoms in total. The zero-order valence-electron chi connectivity index (χ0n) is 6.53. The van der Waals surface area contributed by atoms with Gasteiger partial charge < -0.3 is 10.3 Å². The Balaban J connectivity index is 3.41. The molecule has 0 atom stereocenters. The summed E-state index contributed by atoms with van der Waals surface area (Å²) in [6.45, 7) is 0. The van der Waals surface area contributed by atoms with Crippen LogP contribution in [0.5, 0.6) is 5.75 Å². The molecule has 0 amide bonds. The first-order chi connectivity index (χ1) is 6.38. The first-order valence-electron chi connectivity index (χ1n) is 3.22. The monoisotopic (exact) mass is 345 g/mol. The lowest BCUT2D eigenvalue weighted by atomic mass is 10.3. The van der Waals surface area contributed by atoms with Crippen molar-refractivity contribution in [1.82, 2.24) is 4.89 Å². The number of phenols is 1. The van der Waals surface area contributed by atoms with Gasteiger partial charge in [-0.05, 0) is 44.0 Å². The van der Waals surface area contributed by atoms with Crippen LogP contribution in [0, 0.1) is 0 Å². The third-order valence-electron chi connectivity index (χ3n) is 1.42. The molecule has 1 aromatic rings. The highest BCUT2D eigenvalue weighted by molar-refractivity contribution is 9.11. The van der Waals surface area contributed by atoms with Gasteiger partial charge in [0.25, 0.3) is 10.0 Å². The molecule has 78 valence electrons. The normalized spacial score (nSPS) is 11.6. The molecule has 0 unspecified atom stereocenters. The van der Waals surface area contributed by atoms with Crippen LogP contribution in [0.3, 0.4) is 0 Å². The summed E-state index contributed by atoms with van der Waals surface area (Å²) in [4.78, 5) is 1.01. The molecule has 0 saturated carbocycles. The molecule has 0 radical (unpaired) electrons. The summed E-state index contributed by atoms with van der Waals surface area (Å²) in [7, 11) is -3.93. The lowest BCUT2D eigenvalue weighted by molar-refractivity contribution is 0.242. The van der Waals surface area contributed by atoms with E-state index in [-0.39, 0.29) is 19.6 Å². The zero-order valence-corrected chi connectivity index (χ0v) is 10.5. The van der Waals surface area contributed by atoms with Gasteiger partial charge in [0, 0.05) is 0 Å². The van der Waals surface area contributed by atoms with E-state index >= 15 is 0 Å². The quantitative estimate of drug-likeness (QED) is 0.710. The lowest BCUT2D eigenvalue weighted by Gasteiger charge is -2.05. The Bertz CT molecular complexity index is 436. The van der Waals surface area contributed by atoms with Crippen LogP contribution >= 0.6 is 31.9 Å². The smallest absolute Gasteiger partial charge is 0.262 e. The van der Waals surface area contributed by atoms with Crippen LogP contribution < -0.4 is 4.89 Å². The second-order valence-corrected chi connectivity index (χ2v) is 5.70. The van der Waals surface area contributed by atoms with Crippen molar-refractivity contribution in [2.24, 2.45) is 0 Å². The molecule has 0 aliphatic carbocycles. The van der Waals surface area contributed by atoms with Crippen LogP contribution in [0.4, 0.5) is 0 Å². The third kappa shape index (κ3) is 2.26. The first-order valence-corrected chi connectivity index (χ1v) is 6.29. The number of halogens is 2. The van der Waals surface area contributed by atoms with Crippen molar-refractivity contribution in [3.63, 3.8) is 0 Å². The summed E-state index contributed by atoms with van der Waals surface area (Å²) >= 11 is 5.93. The fraction of sp³-hybridized carbons (Fsp3) is 0. The van der Waals surface area contributed by atoms with E-state index in [4.69, 9.17) is 5.21 Å². The molecular formula is C6H5Br2NO4S. The maximum Gasteiger partial charge on any atom is 0.262 e. The molecule has 8 heteroatoms. The van der Waals surface area contributed by atoms with Crippen molar-refractivity contribution in [2.45, 2.75) is 4.90 Å². The van der Waals surface area contributed by atoms with Crippen LogP contribution in [-0.2, 0) is 10.0 Å². The minimum Gasteiger partial charge on any atom is -0.506 e. The molecule has 0 heterocycles. The van der Waals surface area contributed by atoms with E-state index in [0.29, 0.717) is 0 Å². The van der Waals surface area contributed by atoms with E-state index in [9.17, 15) is 13.5 Å². The van der Waals surface area contributed by atoms with E-state index in [1.54, 1.807) is 0 Å². The van der Waals surface area contributed by atoms with Crippen molar-refractivity contribution in [2.75, 3.05) is 0 Å². The molecule has 0 bridgehead atoms. The van der Waals surface area contributed by atoms with E-state index in [2.05, 4.69) is 31.9 Å². The van der Waals surface area contributed by atoms with E-state index in [0.717, 1.165) is 0 Å². The number of hydrogen-bond acceptors (Lipinski definition) is 4. The Morgan fingerprint density at radius 1 is 1.21 bits per heavy atom. The highest BCUT2D eigenvalue weighted by Gasteiger charge is 2.16. The lowest BCUT2D eigenvalue weighted by Crippen LogP contribution is -2.19. The number of hydrogen-bond donors (Lipinski definition) is 3. The predicted octanol–water partition coefficient (Wildman–Crippen LogP) is 1.58. The van der Waals surface area contributed by atoms with Gasteiger partial charge in [-0.3, -0.25) is 0 Å². The van der Waals surface area contributed by atoms with E-state index < -0.39 is 10.0 Å². The largest absolute Gasteiger partial charge is 0.506 e. The van der Waals surface area contributed by atoms with Crippen molar-refractivity contribution in [3.05, 3.63) is 21.1 Å². The maximum absolute atomic E-state index is 11.1. The van der Waals surface area contributed by atoms with E-state index in [1.807, 2.05) is 0 Å². The SMILES string of the molecule is O=S(=O)(NO)c1cc(Br)c(O)c(Br)c1. The summed E-state index contributed by atoms with van der Waals surface area (Å²) in [6, 6.07) is 2.33. The van der Waals surface area contributed by atoms with Crippen molar-refractivity contribution in [3.8, 4) is 5.75 Å². The molecule has 0 spiro atoms. The minimum absolute atomic E-state index is 0.109. The van der Waals surface area contributed by atoms with Gasteiger partial charge in [-0.1, -0.05) is 4.89 Å². The molecular weight excluding hydrogens is 342 g/mol. The average molecular weight is 347 g/mol. The Kier molecular flexibility index (Phi) is 3.53. The highest BCUT2D eigenvalue weighted by atomic mass is 79.9. The van der Waals surface area contributed by atoms with Crippen LogP contribution in [0.25, 0.3) is 0 Å². The van der Waals surface area contributed by atoms with Crippen molar-refractivity contribution >= 4 is 41.9 Å². The molecule has 0 aliphatic heterocycles. The van der Waals surface area contributed by atoms with Gasteiger partial charge in [-0.15, -0.1) is 0 Å². The molecule has 1 rings (SSSR count). The second kappa shape index (κ2) is 4.15. The third-order valence-corrected chi connectivity index (χ3v) is 3.73. The first kappa shape index (κ1) is 11.9. The fourth-order valence-corrected chi connectivity index (χ4v) is 2.89. The number of aromatic hydroxyl groups is 1. The average Bonchev–Trinajstić information content (AvgIpc) is 2.13. The summed E-state index contributed by atoms with van der Waals surface area (Å²) in [5.41, 5.74) is 0. The van der Waals surface area contributed by atoms with Crippen LogP contribution in [0.15, 0.2) is 26.0 Å². The Hall–Kier alpha value is -0.150. The van der Waals surface area contributed by atoms with Crippen molar-refractivity contribution in [1.29, 1.82) is 0 Å². The van der Waals surface area contributed by atoms with Crippen LogP contribution in [0.1, 0.15) is 0 Å². The van der Waals surface area contributed by atoms with Gasteiger partial charge in [0.05, 0.1) is 13.8 Å². The minimum atomic E-state index is -3.93. The van der Waals surface area contributed by atoms with E-state index in [1.165, 1.54) is 17.0 Å². The maximum atomic E-state index is 11.1. The summed E-state index contributed by atoms with van der Waals surface area (Å²) in [5.74, 6) is -0.109. The van der Waals surface area contributed by atoms with Gasteiger partial charge in [-0.2, -0.15) is 0 Å². The van der Waals surface area contributed by atoms with Crippen molar-refractivity contribution < 1.29 is 18.7 Å². The molecule has 0 saturated heterocycles. The standard InChI is InChI=1S/C6H5Br2NO4S/c7-4-1-3(14(12,13)9-11)2-5(8)6(4)10/h1-2,9-11H. The van der Waals surface area contributed by atoms with Gasteiger partial charge in [0.15, 0.2) is 0 Å². The molecule has 1 aromatic carbocycles. The number of benzene rings is 1. The molecule has 0 aliphatic rings. The van der Waals surface area contributed by atoms with Gasteiger partial charge in [0.2, 0.25) is 0 Å². The summed E-state index contributed by atoms with van der Waals surface area (Å²) in [5, 5.41) is 17.7. The van der Waals surface area contributed by atoms with Gasteiger partial charge in [-0.25, -0.2) is 8.42 Å². The Labute approximate surface area is 97.0 Å². The van der Waals surface area contributed by atoms with Gasteiger partial charge >= 0.3 is 0 Å². The number of nitrogens with one attached hydrogen (secondary N) is 1. The predicted molar refractivity (Wildman–Crippen MR) is 55.6 cm³/mol. The fourth-order valence-electron chi connectivity index (χ4n) is 0.750. The highest BCUT2D eigenvalue weighted by Crippen LogP contribution is 2.34. The molecule has 14 heavy (non-hydrogen) atoms.